The van der Waals surface area contributed by atoms with E-state index in [2.05, 4.69) is 19.2 Å². The Labute approximate surface area is 184 Å². The number of sulfonamides is 1. The standard InChI is InChI=1S/C23H29N3O4S/c1-15(2)18-6-8-20(9-7-18)24-23(28)14-25(5)31(29,30)21-10-11-22-19(13-21)12-16(3)26(22)17(4)27/h6-11,13,15-16H,12,14H2,1-5H3,(H,24,28)/t16-/m0/s1. The van der Waals surface area contributed by atoms with Gasteiger partial charge in [0.2, 0.25) is 21.8 Å². The largest absolute Gasteiger partial charge is 0.325 e. The van der Waals surface area contributed by atoms with Crippen molar-refractivity contribution in [2.75, 3.05) is 23.8 Å². The van der Waals surface area contributed by atoms with Gasteiger partial charge in [-0.2, -0.15) is 4.31 Å². The van der Waals surface area contributed by atoms with Crippen molar-refractivity contribution in [2.45, 2.75) is 51.0 Å². The molecule has 31 heavy (non-hydrogen) atoms. The van der Waals surface area contributed by atoms with Crippen LogP contribution in [0.15, 0.2) is 47.4 Å². The number of amides is 2. The third-order valence-corrected chi connectivity index (χ3v) is 7.34. The van der Waals surface area contributed by atoms with Gasteiger partial charge in [0.25, 0.3) is 0 Å². The lowest BCUT2D eigenvalue weighted by Gasteiger charge is -2.21. The molecule has 2 aromatic carbocycles. The molecule has 1 aliphatic rings. The minimum Gasteiger partial charge on any atom is -0.325 e. The highest BCUT2D eigenvalue weighted by molar-refractivity contribution is 7.89. The lowest BCUT2D eigenvalue weighted by atomic mass is 10.0. The number of hydrogen-bond donors (Lipinski definition) is 1. The third-order valence-electron chi connectivity index (χ3n) is 5.54. The molecule has 0 aromatic heterocycles. The van der Waals surface area contributed by atoms with Gasteiger partial charge in [-0.15, -0.1) is 0 Å². The van der Waals surface area contributed by atoms with Crippen LogP contribution in [0.2, 0.25) is 0 Å². The van der Waals surface area contributed by atoms with E-state index in [-0.39, 0.29) is 23.4 Å². The summed E-state index contributed by atoms with van der Waals surface area (Å²) >= 11 is 0. The van der Waals surface area contributed by atoms with Gasteiger partial charge in [-0.3, -0.25) is 9.59 Å². The highest BCUT2D eigenvalue weighted by atomic mass is 32.2. The number of nitrogens with one attached hydrogen (secondary N) is 1. The molecule has 0 saturated heterocycles. The Balaban J connectivity index is 1.71. The number of carbonyl (C=O) groups is 2. The number of carbonyl (C=O) groups excluding carboxylic acids is 2. The average Bonchev–Trinajstić information content (AvgIpc) is 3.03. The zero-order valence-corrected chi connectivity index (χ0v) is 19.4. The summed E-state index contributed by atoms with van der Waals surface area (Å²) in [5.41, 5.74) is 3.33. The van der Waals surface area contributed by atoms with Gasteiger partial charge in [0.1, 0.15) is 0 Å². The van der Waals surface area contributed by atoms with Gasteiger partial charge in [-0.1, -0.05) is 26.0 Å². The number of rotatable bonds is 6. The van der Waals surface area contributed by atoms with Crippen molar-refractivity contribution in [2.24, 2.45) is 0 Å². The molecule has 0 spiro atoms. The minimum absolute atomic E-state index is 0.0176. The van der Waals surface area contributed by atoms with E-state index in [4.69, 9.17) is 0 Å². The Kier molecular flexibility index (Phi) is 6.52. The summed E-state index contributed by atoms with van der Waals surface area (Å²) in [6.07, 6.45) is 0.592. The molecule has 0 bridgehead atoms. The monoisotopic (exact) mass is 443 g/mol. The molecule has 0 saturated carbocycles. The number of fused-ring (bicyclic) bond motifs is 1. The molecule has 0 unspecified atom stereocenters. The Morgan fingerprint density at radius 2 is 1.81 bits per heavy atom. The van der Waals surface area contributed by atoms with Crippen molar-refractivity contribution in [3.05, 3.63) is 53.6 Å². The van der Waals surface area contributed by atoms with Gasteiger partial charge in [0.05, 0.1) is 11.4 Å². The fourth-order valence-electron chi connectivity index (χ4n) is 3.87. The van der Waals surface area contributed by atoms with E-state index in [1.807, 2.05) is 31.2 Å². The van der Waals surface area contributed by atoms with Gasteiger partial charge in [0, 0.05) is 31.4 Å². The van der Waals surface area contributed by atoms with Crippen LogP contribution in [0.3, 0.4) is 0 Å². The van der Waals surface area contributed by atoms with Crippen molar-refractivity contribution < 1.29 is 18.0 Å². The van der Waals surface area contributed by atoms with Crippen LogP contribution in [-0.2, 0) is 26.0 Å². The summed E-state index contributed by atoms with van der Waals surface area (Å²) in [7, 11) is -2.47. The van der Waals surface area contributed by atoms with E-state index in [9.17, 15) is 18.0 Å². The summed E-state index contributed by atoms with van der Waals surface area (Å²) < 4.78 is 27.0. The van der Waals surface area contributed by atoms with Crippen LogP contribution >= 0.6 is 0 Å². The van der Waals surface area contributed by atoms with Crippen molar-refractivity contribution in [3.8, 4) is 0 Å². The van der Waals surface area contributed by atoms with E-state index in [0.29, 0.717) is 18.0 Å². The van der Waals surface area contributed by atoms with E-state index < -0.39 is 15.9 Å². The van der Waals surface area contributed by atoms with Gasteiger partial charge in [0.15, 0.2) is 0 Å². The fourth-order valence-corrected chi connectivity index (χ4v) is 5.05. The number of nitrogens with zero attached hydrogens (tertiary/aromatic N) is 2. The number of likely N-dealkylation sites (N-methyl/N-ethyl adjacent to an activating group) is 1. The first-order valence-corrected chi connectivity index (χ1v) is 11.7. The molecule has 0 aliphatic carbocycles. The van der Waals surface area contributed by atoms with E-state index in [1.54, 1.807) is 17.0 Å². The van der Waals surface area contributed by atoms with Gasteiger partial charge < -0.3 is 10.2 Å². The Hall–Kier alpha value is -2.71. The van der Waals surface area contributed by atoms with Crippen LogP contribution in [0.25, 0.3) is 0 Å². The second-order valence-corrected chi connectivity index (χ2v) is 10.4. The van der Waals surface area contributed by atoms with Crippen LogP contribution in [0.4, 0.5) is 11.4 Å². The molecule has 0 radical (unpaired) electrons. The topological polar surface area (TPSA) is 86.8 Å². The molecular weight excluding hydrogens is 414 g/mol. The van der Waals surface area contributed by atoms with Crippen LogP contribution in [0.1, 0.15) is 44.7 Å². The zero-order valence-electron chi connectivity index (χ0n) is 18.5. The predicted molar refractivity (Wildman–Crippen MR) is 122 cm³/mol. The summed E-state index contributed by atoms with van der Waals surface area (Å²) in [6.45, 7) is 7.30. The SMILES string of the molecule is CC(=O)N1c2ccc(S(=O)(=O)N(C)CC(=O)Nc3ccc(C(C)C)cc3)cc2C[C@@H]1C. The molecule has 7 nitrogen and oxygen atoms in total. The lowest BCUT2D eigenvalue weighted by Crippen LogP contribution is -2.35. The van der Waals surface area contributed by atoms with Gasteiger partial charge in [-0.05, 0) is 60.7 Å². The molecule has 1 N–H and O–H groups in total. The summed E-state index contributed by atoms with van der Waals surface area (Å²) in [4.78, 5) is 26.1. The van der Waals surface area contributed by atoms with Crippen molar-refractivity contribution in [1.29, 1.82) is 0 Å². The van der Waals surface area contributed by atoms with Gasteiger partial charge >= 0.3 is 0 Å². The fraction of sp³-hybridized carbons (Fsp3) is 0.391. The second kappa shape index (κ2) is 8.80. The number of benzene rings is 2. The first kappa shape index (κ1) is 23.0. The molecule has 2 amide bonds. The van der Waals surface area contributed by atoms with Crippen LogP contribution in [0, 0.1) is 0 Å². The second-order valence-electron chi connectivity index (χ2n) is 8.32. The van der Waals surface area contributed by atoms with E-state index in [0.717, 1.165) is 21.1 Å². The predicted octanol–water partition coefficient (Wildman–Crippen LogP) is 3.37. The molecule has 2 aromatic rings. The first-order chi connectivity index (χ1) is 14.5. The minimum atomic E-state index is -3.85. The summed E-state index contributed by atoms with van der Waals surface area (Å²) in [5.74, 6) is -0.100. The van der Waals surface area contributed by atoms with Crippen molar-refractivity contribution in [1.82, 2.24) is 4.31 Å². The zero-order chi connectivity index (χ0) is 22.9. The Morgan fingerprint density at radius 3 is 2.39 bits per heavy atom. The molecule has 166 valence electrons. The maximum atomic E-state index is 13.0. The first-order valence-electron chi connectivity index (χ1n) is 10.3. The number of anilines is 2. The highest BCUT2D eigenvalue weighted by Crippen LogP contribution is 2.34. The molecule has 8 heteroatoms. The van der Waals surface area contributed by atoms with Crippen molar-refractivity contribution >= 4 is 33.2 Å². The molecule has 1 aliphatic heterocycles. The molecule has 0 fully saturated rings. The van der Waals surface area contributed by atoms with Gasteiger partial charge in [-0.25, -0.2) is 8.42 Å². The summed E-state index contributed by atoms with van der Waals surface area (Å²) in [6, 6.07) is 12.2. The highest BCUT2D eigenvalue weighted by Gasteiger charge is 2.31. The maximum absolute atomic E-state index is 13.0. The number of hydrogen-bond acceptors (Lipinski definition) is 4. The average molecular weight is 444 g/mol. The van der Waals surface area contributed by atoms with Crippen LogP contribution in [0.5, 0.6) is 0 Å². The molecule has 1 atom stereocenters. The van der Waals surface area contributed by atoms with Crippen LogP contribution < -0.4 is 10.2 Å². The lowest BCUT2D eigenvalue weighted by molar-refractivity contribution is -0.117. The molecule has 3 rings (SSSR count). The molecule has 1 heterocycles. The summed E-state index contributed by atoms with van der Waals surface area (Å²) in [5, 5.41) is 2.74. The quantitative estimate of drug-likeness (QED) is 0.742. The smallest absolute Gasteiger partial charge is 0.243 e. The third kappa shape index (κ3) is 4.80. The van der Waals surface area contributed by atoms with Crippen LogP contribution in [-0.4, -0.2) is 44.2 Å². The Bertz CT molecular complexity index is 1090. The van der Waals surface area contributed by atoms with Crippen molar-refractivity contribution in [3.63, 3.8) is 0 Å². The Morgan fingerprint density at radius 1 is 1.16 bits per heavy atom. The molecular formula is C23H29N3O4S. The maximum Gasteiger partial charge on any atom is 0.243 e. The normalized spacial score (nSPS) is 16.0. The van der Waals surface area contributed by atoms with E-state index in [1.165, 1.54) is 20.0 Å². The van der Waals surface area contributed by atoms with E-state index >= 15 is 0 Å².